The summed E-state index contributed by atoms with van der Waals surface area (Å²) in [5.41, 5.74) is 4.04. The Balaban J connectivity index is 1.63. The molecule has 2 nitrogen and oxygen atoms in total. The van der Waals surface area contributed by atoms with Crippen LogP contribution in [0.25, 0.3) is 0 Å². The first-order valence-corrected chi connectivity index (χ1v) is 6.50. The number of allylic oxidation sites excluding steroid dienone is 2. The summed E-state index contributed by atoms with van der Waals surface area (Å²) < 4.78 is 5.49. The molecule has 1 aromatic carbocycles. The van der Waals surface area contributed by atoms with Gasteiger partial charge in [-0.05, 0) is 48.4 Å². The summed E-state index contributed by atoms with van der Waals surface area (Å²) in [5, 5.41) is 3.54. The minimum Gasteiger partial charge on any atom is -0.385 e. The van der Waals surface area contributed by atoms with Gasteiger partial charge in [-0.3, -0.25) is 0 Å². The lowest BCUT2D eigenvalue weighted by Gasteiger charge is -2.18. The molecule has 0 unspecified atom stereocenters. The number of rotatable bonds is 3. The molecule has 90 valence electrons. The summed E-state index contributed by atoms with van der Waals surface area (Å²) >= 11 is 0. The highest BCUT2D eigenvalue weighted by Crippen LogP contribution is 2.23. The number of anilines is 1. The average molecular weight is 229 g/mol. The normalized spacial score (nSPS) is 19.3. The van der Waals surface area contributed by atoms with Gasteiger partial charge in [-0.25, -0.2) is 0 Å². The van der Waals surface area contributed by atoms with Gasteiger partial charge in [-0.2, -0.15) is 0 Å². The molecule has 1 aliphatic heterocycles. The number of hydrogen-bond acceptors (Lipinski definition) is 2. The van der Waals surface area contributed by atoms with Gasteiger partial charge in [0.1, 0.15) is 0 Å². The number of fused-ring (bicyclic) bond motifs is 1. The number of ether oxygens (including phenoxy) is 1. The first kappa shape index (κ1) is 10.8. The predicted octanol–water partition coefficient (Wildman–Crippen LogP) is 3.14. The van der Waals surface area contributed by atoms with Crippen molar-refractivity contribution < 1.29 is 4.74 Å². The molecule has 1 heterocycles. The van der Waals surface area contributed by atoms with E-state index in [9.17, 15) is 0 Å². The molecule has 0 spiro atoms. The maximum Gasteiger partial charge on any atom is 0.0720 e. The van der Waals surface area contributed by atoms with Crippen molar-refractivity contribution in [2.24, 2.45) is 5.92 Å². The highest BCUT2D eigenvalue weighted by Gasteiger charge is 2.12. The van der Waals surface area contributed by atoms with Gasteiger partial charge in [-0.15, -0.1) is 0 Å². The zero-order chi connectivity index (χ0) is 11.5. The van der Waals surface area contributed by atoms with Crippen molar-refractivity contribution in [2.75, 3.05) is 18.5 Å². The zero-order valence-corrected chi connectivity index (χ0v) is 10.1. The molecule has 3 rings (SSSR count). The molecular weight excluding hydrogens is 210 g/mol. The third-order valence-electron chi connectivity index (χ3n) is 3.68. The van der Waals surface area contributed by atoms with Crippen molar-refractivity contribution in [3.05, 3.63) is 41.5 Å². The summed E-state index contributed by atoms with van der Waals surface area (Å²) in [4.78, 5) is 0. The smallest absolute Gasteiger partial charge is 0.0720 e. The van der Waals surface area contributed by atoms with Gasteiger partial charge >= 0.3 is 0 Å². The van der Waals surface area contributed by atoms with Crippen molar-refractivity contribution in [3.8, 4) is 0 Å². The lowest BCUT2D eigenvalue weighted by atomic mass is 10.0. The van der Waals surface area contributed by atoms with Crippen LogP contribution in [0.5, 0.6) is 0 Å². The van der Waals surface area contributed by atoms with Crippen LogP contribution in [0.2, 0.25) is 0 Å². The van der Waals surface area contributed by atoms with E-state index in [1.807, 2.05) is 0 Å². The van der Waals surface area contributed by atoms with E-state index in [1.54, 1.807) is 0 Å². The Labute approximate surface area is 103 Å². The second kappa shape index (κ2) is 4.92. The molecule has 0 atom stereocenters. The molecular formula is C15H19NO. The molecule has 0 saturated carbocycles. The van der Waals surface area contributed by atoms with Crippen LogP contribution in [0.15, 0.2) is 30.4 Å². The third-order valence-corrected chi connectivity index (χ3v) is 3.68. The van der Waals surface area contributed by atoms with Crippen molar-refractivity contribution in [3.63, 3.8) is 0 Å². The monoisotopic (exact) mass is 229 g/mol. The molecule has 0 amide bonds. The fraction of sp³-hybridized carbons (Fsp3) is 0.467. The summed E-state index contributed by atoms with van der Waals surface area (Å²) in [6, 6.07) is 6.69. The van der Waals surface area contributed by atoms with Gasteiger partial charge in [0, 0.05) is 12.2 Å². The van der Waals surface area contributed by atoms with Gasteiger partial charge in [0.2, 0.25) is 0 Å². The Morgan fingerprint density at radius 3 is 2.94 bits per heavy atom. The topological polar surface area (TPSA) is 21.3 Å². The van der Waals surface area contributed by atoms with Crippen LogP contribution in [0, 0.1) is 5.92 Å². The van der Waals surface area contributed by atoms with Crippen molar-refractivity contribution in [1.29, 1.82) is 0 Å². The van der Waals surface area contributed by atoms with Gasteiger partial charge < -0.3 is 10.1 Å². The lowest BCUT2D eigenvalue weighted by molar-refractivity contribution is 0.111. The van der Waals surface area contributed by atoms with Gasteiger partial charge in [-0.1, -0.05) is 18.2 Å². The Morgan fingerprint density at radius 2 is 2.06 bits per heavy atom. The fourth-order valence-electron chi connectivity index (χ4n) is 2.58. The zero-order valence-electron chi connectivity index (χ0n) is 10.1. The van der Waals surface area contributed by atoms with Gasteiger partial charge in [0.15, 0.2) is 0 Å². The molecule has 2 heteroatoms. The maximum atomic E-state index is 5.49. The van der Waals surface area contributed by atoms with E-state index in [1.165, 1.54) is 29.7 Å². The Hall–Kier alpha value is -1.28. The minimum absolute atomic E-state index is 0.774. The molecule has 1 N–H and O–H groups in total. The van der Waals surface area contributed by atoms with E-state index in [4.69, 9.17) is 4.74 Å². The van der Waals surface area contributed by atoms with Crippen LogP contribution in [-0.4, -0.2) is 13.2 Å². The minimum atomic E-state index is 0.774. The summed E-state index contributed by atoms with van der Waals surface area (Å²) in [7, 11) is 0. The lowest BCUT2D eigenvalue weighted by Crippen LogP contribution is -2.13. The quantitative estimate of drug-likeness (QED) is 0.804. The molecule has 17 heavy (non-hydrogen) atoms. The molecule has 1 aliphatic carbocycles. The molecule has 0 fully saturated rings. The van der Waals surface area contributed by atoms with Gasteiger partial charge in [0.05, 0.1) is 13.2 Å². The van der Waals surface area contributed by atoms with E-state index in [-0.39, 0.29) is 0 Å². The second-order valence-electron chi connectivity index (χ2n) is 4.98. The average Bonchev–Trinajstić information content (AvgIpc) is 2.89. The number of nitrogens with one attached hydrogen (secondary N) is 1. The molecule has 0 aromatic heterocycles. The van der Waals surface area contributed by atoms with Crippen LogP contribution < -0.4 is 5.32 Å². The maximum absolute atomic E-state index is 5.49. The Bertz CT molecular complexity index is 417. The SMILES string of the molecule is C1=CCC(CNc2ccc3c(c2)COCC3)C1. The molecule has 0 bridgehead atoms. The first-order chi connectivity index (χ1) is 8.42. The summed E-state index contributed by atoms with van der Waals surface area (Å²) in [5.74, 6) is 0.780. The molecule has 1 aromatic rings. The molecule has 2 aliphatic rings. The van der Waals surface area contributed by atoms with Gasteiger partial charge in [0.25, 0.3) is 0 Å². The highest BCUT2D eigenvalue weighted by atomic mass is 16.5. The summed E-state index contributed by atoms with van der Waals surface area (Å²) in [6.07, 6.45) is 8.07. The highest BCUT2D eigenvalue weighted by molar-refractivity contribution is 5.49. The second-order valence-corrected chi connectivity index (χ2v) is 4.98. The number of hydrogen-bond donors (Lipinski definition) is 1. The van der Waals surface area contributed by atoms with E-state index >= 15 is 0 Å². The van der Waals surface area contributed by atoms with Crippen molar-refractivity contribution in [1.82, 2.24) is 0 Å². The van der Waals surface area contributed by atoms with Crippen LogP contribution >= 0.6 is 0 Å². The standard InChI is InChI=1S/C15H19NO/c1-2-4-12(3-1)10-16-15-6-5-13-7-8-17-11-14(13)9-15/h1-2,5-6,9,12,16H,3-4,7-8,10-11H2. The molecule has 0 saturated heterocycles. The fourth-order valence-corrected chi connectivity index (χ4v) is 2.58. The van der Waals surface area contributed by atoms with E-state index < -0.39 is 0 Å². The third kappa shape index (κ3) is 2.52. The van der Waals surface area contributed by atoms with Crippen LogP contribution in [0.3, 0.4) is 0 Å². The van der Waals surface area contributed by atoms with Crippen LogP contribution in [-0.2, 0) is 17.8 Å². The summed E-state index contributed by atoms with van der Waals surface area (Å²) in [6.45, 7) is 2.72. The van der Waals surface area contributed by atoms with Crippen LogP contribution in [0.4, 0.5) is 5.69 Å². The Kier molecular flexibility index (Phi) is 3.14. The Morgan fingerprint density at radius 1 is 1.18 bits per heavy atom. The largest absolute Gasteiger partial charge is 0.385 e. The first-order valence-electron chi connectivity index (χ1n) is 6.50. The van der Waals surface area contributed by atoms with E-state index in [2.05, 4.69) is 35.7 Å². The van der Waals surface area contributed by atoms with Crippen molar-refractivity contribution >= 4 is 5.69 Å². The molecule has 0 radical (unpaired) electrons. The van der Waals surface area contributed by atoms with Crippen LogP contribution in [0.1, 0.15) is 24.0 Å². The van der Waals surface area contributed by atoms with Crippen molar-refractivity contribution in [2.45, 2.75) is 25.9 Å². The van der Waals surface area contributed by atoms with E-state index in [0.29, 0.717) is 0 Å². The predicted molar refractivity (Wildman–Crippen MR) is 70.2 cm³/mol. The number of benzene rings is 1. The van der Waals surface area contributed by atoms with E-state index in [0.717, 1.165) is 32.1 Å².